The van der Waals surface area contributed by atoms with E-state index in [1.807, 2.05) is 0 Å². The monoisotopic (exact) mass is 353 g/mol. The van der Waals surface area contributed by atoms with Crippen molar-refractivity contribution in [3.05, 3.63) is 59.2 Å². The average Bonchev–Trinajstić information content (AvgIpc) is 2.92. The minimum Gasteiger partial charge on any atom is -0.497 e. The fourth-order valence-electron chi connectivity index (χ4n) is 3.01. The molecule has 0 N–H and O–H groups in total. The van der Waals surface area contributed by atoms with Crippen LogP contribution >= 0.6 is 0 Å². The third-order valence-electron chi connectivity index (χ3n) is 4.43. The molecule has 2 aliphatic heterocycles. The summed E-state index contributed by atoms with van der Waals surface area (Å²) < 4.78 is 10.7. The van der Waals surface area contributed by atoms with Gasteiger partial charge in [-0.2, -0.15) is 0 Å². The number of hydroxylamine groups is 2. The van der Waals surface area contributed by atoms with Crippen molar-refractivity contribution in [3.63, 3.8) is 0 Å². The maximum Gasteiger partial charge on any atom is 0.285 e. The summed E-state index contributed by atoms with van der Waals surface area (Å²) in [7, 11) is 1.53. The van der Waals surface area contributed by atoms with E-state index >= 15 is 0 Å². The summed E-state index contributed by atoms with van der Waals surface area (Å²) in [5.74, 6) is -0.783. The molecule has 2 aromatic rings. The number of hydrogen-bond acceptors (Lipinski definition) is 6. The van der Waals surface area contributed by atoms with Crippen molar-refractivity contribution in [1.29, 1.82) is 0 Å². The first kappa shape index (κ1) is 16.3. The van der Waals surface area contributed by atoms with Gasteiger partial charge in [-0.25, -0.2) is 0 Å². The number of carbonyl (C=O) groups is 3. The summed E-state index contributed by atoms with van der Waals surface area (Å²) in [6.07, 6.45) is 0. The van der Waals surface area contributed by atoms with E-state index in [1.165, 1.54) is 7.11 Å². The largest absolute Gasteiger partial charge is 0.497 e. The van der Waals surface area contributed by atoms with E-state index in [4.69, 9.17) is 14.3 Å². The molecule has 0 aliphatic carbocycles. The Labute approximate surface area is 149 Å². The second-order valence-corrected chi connectivity index (χ2v) is 5.98. The molecule has 2 heterocycles. The SMILES string of the molecule is COc1ccc2c(c1)OCC(CON1C(=O)c3ccccc3C1=O)C2=O. The summed E-state index contributed by atoms with van der Waals surface area (Å²) in [6, 6.07) is 11.4. The van der Waals surface area contributed by atoms with Crippen LogP contribution < -0.4 is 9.47 Å². The Kier molecular flexibility index (Phi) is 3.93. The summed E-state index contributed by atoms with van der Waals surface area (Å²) in [5, 5.41) is 0.710. The number of fused-ring (bicyclic) bond motifs is 2. The van der Waals surface area contributed by atoms with Gasteiger partial charge in [-0.15, -0.1) is 5.06 Å². The van der Waals surface area contributed by atoms with Gasteiger partial charge in [0, 0.05) is 6.07 Å². The van der Waals surface area contributed by atoms with Gasteiger partial charge < -0.3 is 9.47 Å². The molecule has 7 nitrogen and oxygen atoms in total. The summed E-state index contributed by atoms with van der Waals surface area (Å²) in [6.45, 7) is -0.0298. The van der Waals surface area contributed by atoms with Crippen molar-refractivity contribution in [1.82, 2.24) is 5.06 Å². The topological polar surface area (TPSA) is 82.1 Å². The van der Waals surface area contributed by atoms with Crippen molar-refractivity contribution in [2.75, 3.05) is 20.3 Å². The Hall–Kier alpha value is -3.19. The molecule has 0 radical (unpaired) electrons. The molecule has 0 saturated heterocycles. The van der Waals surface area contributed by atoms with E-state index in [9.17, 15) is 14.4 Å². The van der Waals surface area contributed by atoms with E-state index < -0.39 is 17.7 Å². The molecule has 2 aromatic carbocycles. The first-order chi connectivity index (χ1) is 12.6. The molecule has 0 fully saturated rings. The highest BCUT2D eigenvalue weighted by Crippen LogP contribution is 2.31. The second-order valence-electron chi connectivity index (χ2n) is 5.98. The smallest absolute Gasteiger partial charge is 0.285 e. The molecule has 1 unspecified atom stereocenters. The predicted molar refractivity (Wildman–Crippen MR) is 89.2 cm³/mol. The highest BCUT2D eigenvalue weighted by Gasteiger charge is 2.38. The normalized spacial score (nSPS) is 18.4. The third-order valence-corrected chi connectivity index (χ3v) is 4.43. The fourth-order valence-corrected chi connectivity index (χ4v) is 3.01. The van der Waals surface area contributed by atoms with Crippen molar-refractivity contribution in [2.45, 2.75) is 0 Å². The van der Waals surface area contributed by atoms with Crippen molar-refractivity contribution in [3.8, 4) is 11.5 Å². The number of methoxy groups -OCH3 is 1. The van der Waals surface area contributed by atoms with Gasteiger partial charge >= 0.3 is 0 Å². The Morgan fingerprint density at radius 1 is 1.04 bits per heavy atom. The molecule has 0 saturated carbocycles. The zero-order chi connectivity index (χ0) is 18.3. The zero-order valence-electron chi connectivity index (χ0n) is 13.9. The number of nitrogens with zero attached hydrogens (tertiary/aromatic N) is 1. The van der Waals surface area contributed by atoms with E-state index in [-0.39, 0.29) is 19.0 Å². The van der Waals surface area contributed by atoms with Gasteiger partial charge in [-0.05, 0) is 24.3 Å². The fraction of sp³-hybridized carbons (Fsp3) is 0.211. The van der Waals surface area contributed by atoms with Crippen LogP contribution in [-0.2, 0) is 4.84 Å². The molecule has 1 atom stereocenters. The lowest BCUT2D eigenvalue weighted by atomic mass is 9.96. The molecule has 7 heteroatoms. The average molecular weight is 353 g/mol. The molecular weight excluding hydrogens is 338 g/mol. The first-order valence-electron chi connectivity index (χ1n) is 8.06. The van der Waals surface area contributed by atoms with Crippen LogP contribution in [0.5, 0.6) is 11.5 Å². The number of ketones is 1. The first-order valence-corrected chi connectivity index (χ1v) is 8.06. The standard InChI is InChI=1S/C19H15NO6/c1-24-12-6-7-15-16(8-12)25-9-11(17(15)21)10-26-20-18(22)13-4-2-3-5-14(13)19(20)23/h2-8,11H,9-10H2,1H3. The molecule has 132 valence electrons. The quantitative estimate of drug-likeness (QED) is 0.783. The molecule has 0 aromatic heterocycles. The summed E-state index contributed by atoms with van der Waals surface area (Å²) in [4.78, 5) is 42.6. The Morgan fingerprint density at radius 3 is 2.38 bits per heavy atom. The van der Waals surface area contributed by atoms with Crippen LogP contribution in [0.3, 0.4) is 0 Å². The maximum atomic E-state index is 12.6. The molecule has 26 heavy (non-hydrogen) atoms. The van der Waals surface area contributed by atoms with Gasteiger partial charge in [-0.3, -0.25) is 19.2 Å². The molecule has 0 bridgehead atoms. The van der Waals surface area contributed by atoms with Crippen LogP contribution in [0.25, 0.3) is 0 Å². The minimum atomic E-state index is -0.611. The van der Waals surface area contributed by atoms with Crippen LogP contribution in [0.1, 0.15) is 31.1 Å². The van der Waals surface area contributed by atoms with Crippen LogP contribution in [0.2, 0.25) is 0 Å². The Morgan fingerprint density at radius 2 is 1.73 bits per heavy atom. The molecule has 2 aliphatic rings. The number of amides is 2. The van der Waals surface area contributed by atoms with E-state index in [1.54, 1.807) is 42.5 Å². The lowest BCUT2D eigenvalue weighted by Crippen LogP contribution is -2.37. The molecule has 2 amide bonds. The molecular formula is C19H15NO6. The van der Waals surface area contributed by atoms with E-state index in [0.29, 0.717) is 33.3 Å². The summed E-state index contributed by atoms with van der Waals surface area (Å²) in [5.41, 5.74) is 1.01. The highest BCUT2D eigenvalue weighted by molar-refractivity contribution is 6.20. The van der Waals surface area contributed by atoms with E-state index in [0.717, 1.165) is 0 Å². The van der Waals surface area contributed by atoms with E-state index in [2.05, 4.69) is 0 Å². The van der Waals surface area contributed by atoms with Gasteiger partial charge in [-0.1, -0.05) is 12.1 Å². The minimum absolute atomic E-state index is 0.0994. The van der Waals surface area contributed by atoms with Gasteiger partial charge in [0.2, 0.25) is 0 Å². The predicted octanol–water partition coefficient (Wildman–Crippen LogP) is 2.11. The number of benzene rings is 2. The molecule has 4 rings (SSSR count). The van der Waals surface area contributed by atoms with Crippen molar-refractivity contribution < 1.29 is 28.7 Å². The lowest BCUT2D eigenvalue weighted by molar-refractivity contribution is -0.102. The van der Waals surface area contributed by atoms with Crippen molar-refractivity contribution in [2.24, 2.45) is 5.92 Å². The number of rotatable bonds is 4. The lowest BCUT2D eigenvalue weighted by Gasteiger charge is -2.25. The third kappa shape index (κ3) is 2.53. The van der Waals surface area contributed by atoms with Gasteiger partial charge in [0.05, 0.1) is 36.3 Å². The van der Waals surface area contributed by atoms with Gasteiger partial charge in [0.1, 0.15) is 18.1 Å². The Balaban J connectivity index is 1.47. The number of Topliss-reactive ketones (excluding diaryl/α,β-unsaturated/α-hetero) is 1. The van der Waals surface area contributed by atoms with Crippen LogP contribution in [0.15, 0.2) is 42.5 Å². The van der Waals surface area contributed by atoms with Crippen LogP contribution in [0, 0.1) is 5.92 Å². The highest BCUT2D eigenvalue weighted by atomic mass is 16.7. The van der Waals surface area contributed by atoms with Gasteiger partial charge in [0.15, 0.2) is 5.78 Å². The maximum absolute atomic E-state index is 12.6. The number of ether oxygens (including phenoxy) is 2. The Bertz CT molecular complexity index is 887. The second kappa shape index (κ2) is 6.27. The number of carbonyl (C=O) groups excluding carboxylic acids is 3. The zero-order valence-corrected chi connectivity index (χ0v) is 13.9. The summed E-state index contributed by atoms with van der Waals surface area (Å²) >= 11 is 0. The van der Waals surface area contributed by atoms with Crippen molar-refractivity contribution >= 4 is 17.6 Å². The molecule has 0 spiro atoms. The van der Waals surface area contributed by atoms with Crippen LogP contribution in [-0.4, -0.2) is 43.0 Å². The number of imide groups is 1. The van der Waals surface area contributed by atoms with Gasteiger partial charge in [0.25, 0.3) is 11.8 Å². The van der Waals surface area contributed by atoms with Crippen LogP contribution in [0.4, 0.5) is 0 Å². The number of hydrogen-bond donors (Lipinski definition) is 0.